The lowest BCUT2D eigenvalue weighted by Crippen LogP contribution is -2.20. The Morgan fingerprint density at radius 3 is 2.53 bits per heavy atom. The molecule has 17 heavy (non-hydrogen) atoms. The molecule has 0 atom stereocenters. The third-order valence-corrected chi connectivity index (χ3v) is 3.82. The van der Waals surface area contributed by atoms with Gasteiger partial charge in [-0.25, -0.2) is 12.8 Å². The van der Waals surface area contributed by atoms with Crippen molar-refractivity contribution in [3.8, 4) is 0 Å². The molecule has 1 aliphatic rings. The zero-order valence-corrected chi connectivity index (χ0v) is 10.8. The summed E-state index contributed by atoms with van der Waals surface area (Å²) in [5, 5.41) is 0. The number of hydrogen-bond donors (Lipinski definition) is 0. The second kappa shape index (κ2) is 4.82. The van der Waals surface area contributed by atoms with E-state index in [9.17, 15) is 12.8 Å². The maximum Gasteiger partial charge on any atom is 0.236 e. The van der Waals surface area contributed by atoms with Crippen LogP contribution in [0.15, 0.2) is 18.2 Å². The van der Waals surface area contributed by atoms with E-state index >= 15 is 0 Å². The van der Waals surface area contributed by atoms with Gasteiger partial charge in [-0.1, -0.05) is 6.07 Å². The number of hydrogen-bond acceptors (Lipinski definition) is 3. The van der Waals surface area contributed by atoms with Gasteiger partial charge in [0.05, 0.1) is 5.75 Å². The summed E-state index contributed by atoms with van der Waals surface area (Å²) in [6, 6.07) is 4.59. The smallest absolute Gasteiger partial charge is 0.236 e. The molecule has 0 unspecified atom stereocenters. The maximum atomic E-state index is 13.7. The average Bonchev–Trinajstić information content (AvgIpc) is 2.72. The van der Waals surface area contributed by atoms with Crippen LogP contribution in [-0.4, -0.2) is 21.5 Å². The van der Waals surface area contributed by atoms with E-state index in [1.807, 2.05) is 4.90 Å². The molecule has 94 valence electrons. The highest BCUT2D eigenvalue weighted by atomic mass is 35.7. The molecule has 0 saturated carbocycles. The van der Waals surface area contributed by atoms with Gasteiger partial charge >= 0.3 is 0 Å². The molecular weight excluding hydrogens is 265 g/mol. The molecule has 2 rings (SSSR count). The molecule has 0 amide bonds. The lowest BCUT2D eigenvalue weighted by atomic mass is 10.1. The van der Waals surface area contributed by atoms with Crippen molar-refractivity contribution in [3.05, 3.63) is 29.6 Å². The Balaban J connectivity index is 2.40. The van der Waals surface area contributed by atoms with Gasteiger partial charge in [0.25, 0.3) is 0 Å². The molecule has 1 heterocycles. The lowest BCUT2D eigenvalue weighted by molar-refractivity contribution is 0.597. The van der Waals surface area contributed by atoms with E-state index in [0.29, 0.717) is 5.69 Å². The van der Waals surface area contributed by atoms with E-state index in [0.717, 1.165) is 25.9 Å². The van der Waals surface area contributed by atoms with Gasteiger partial charge in [-0.2, -0.15) is 0 Å². The van der Waals surface area contributed by atoms with Crippen molar-refractivity contribution in [1.82, 2.24) is 0 Å². The average molecular weight is 278 g/mol. The summed E-state index contributed by atoms with van der Waals surface area (Å²) in [6.45, 7) is 1.66. The minimum absolute atomic E-state index is 0.171. The Bertz CT molecular complexity index is 512. The summed E-state index contributed by atoms with van der Waals surface area (Å²) in [5.74, 6) is -0.980. The summed E-state index contributed by atoms with van der Waals surface area (Å²) >= 11 is 0. The summed E-state index contributed by atoms with van der Waals surface area (Å²) < 4.78 is 35.9. The van der Waals surface area contributed by atoms with Crippen LogP contribution in [0, 0.1) is 5.82 Å². The second-order valence-corrected chi connectivity index (χ2v) is 6.89. The van der Waals surface area contributed by atoms with Crippen LogP contribution in [-0.2, 0) is 14.8 Å². The molecule has 0 spiro atoms. The number of anilines is 1. The Morgan fingerprint density at radius 1 is 1.29 bits per heavy atom. The van der Waals surface area contributed by atoms with Gasteiger partial charge in [-0.15, -0.1) is 0 Å². The predicted molar refractivity (Wildman–Crippen MR) is 66.3 cm³/mol. The summed E-state index contributed by atoms with van der Waals surface area (Å²) in [5.41, 5.74) is 0.816. The third kappa shape index (κ3) is 3.10. The monoisotopic (exact) mass is 277 g/mol. The van der Waals surface area contributed by atoms with Crippen molar-refractivity contribution in [2.45, 2.75) is 18.6 Å². The number of nitrogens with zero attached hydrogens (tertiary/aromatic N) is 1. The Hall–Kier alpha value is -0.810. The lowest BCUT2D eigenvalue weighted by Gasteiger charge is -2.21. The van der Waals surface area contributed by atoms with E-state index in [2.05, 4.69) is 0 Å². The third-order valence-electron chi connectivity index (χ3n) is 2.86. The summed E-state index contributed by atoms with van der Waals surface area (Å²) in [6.07, 6.45) is 2.09. The molecule has 0 radical (unpaired) electrons. The zero-order chi connectivity index (χ0) is 12.5. The van der Waals surface area contributed by atoms with Crippen molar-refractivity contribution < 1.29 is 12.8 Å². The SMILES string of the molecule is O=S(=O)(Cl)Cc1c(F)cccc1N1CCCC1. The van der Waals surface area contributed by atoms with E-state index in [4.69, 9.17) is 10.7 Å². The molecular formula is C11H13ClFNO2S. The highest BCUT2D eigenvalue weighted by molar-refractivity contribution is 8.13. The normalized spacial score (nSPS) is 16.5. The van der Waals surface area contributed by atoms with E-state index < -0.39 is 20.6 Å². The highest BCUT2D eigenvalue weighted by Crippen LogP contribution is 2.28. The Kier molecular flexibility index (Phi) is 3.58. The molecule has 3 nitrogen and oxygen atoms in total. The largest absolute Gasteiger partial charge is 0.371 e. The molecule has 1 fully saturated rings. The van der Waals surface area contributed by atoms with Gasteiger partial charge in [0.15, 0.2) is 0 Å². The maximum absolute atomic E-state index is 13.7. The summed E-state index contributed by atoms with van der Waals surface area (Å²) in [4.78, 5) is 2.00. The van der Waals surface area contributed by atoms with Crippen LogP contribution in [0.5, 0.6) is 0 Å². The molecule has 1 aliphatic heterocycles. The van der Waals surface area contributed by atoms with Crippen LogP contribution in [0.25, 0.3) is 0 Å². The van der Waals surface area contributed by atoms with Crippen molar-refractivity contribution in [3.63, 3.8) is 0 Å². The molecule has 1 aromatic carbocycles. The van der Waals surface area contributed by atoms with Gasteiger partial charge < -0.3 is 4.90 Å². The molecule has 1 saturated heterocycles. The number of benzene rings is 1. The molecule has 0 N–H and O–H groups in total. The first-order chi connectivity index (χ1) is 7.97. The van der Waals surface area contributed by atoms with Crippen LogP contribution < -0.4 is 4.90 Å². The van der Waals surface area contributed by atoms with Gasteiger partial charge in [0.2, 0.25) is 9.05 Å². The van der Waals surface area contributed by atoms with E-state index in [1.54, 1.807) is 12.1 Å². The Labute approximate surface area is 105 Å². The van der Waals surface area contributed by atoms with Crippen molar-refractivity contribution in [1.29, 1.82) is 0 Å². The quantitative estimate of drug-likeness (QED) is 0.797. The molecule has 0 aliphatic carbocycles. The fourth-order valence-corrected chi connectivity index (χ4v) is 3.07. The van der Waals surface area contributed by atoms with Crippen molar-refractivity contribution in [2.24, 2.45) is 0 Å². The first-order valence-electron chi connectivity index (χ1n) is 5.42. The number of halogens is 2. The van der Waals surface area contributed by atoms with Crippen LogP contribution in [0.2, 0.25) is 0 Å². The zero-order valence-electron chi connectivity index (χ0n) is 9.20. The fourth-order valence-electron chi connectivity index (χ4n) is 2.12. The predicted octanol–water partition coefficient (Wildman–Crippen LogP) is 2.49. The van der Waals surface area contributed by atoms with Crippen molar-refractivity contribution in [2.75, 3.05) is 18.0 Å². The Morgan fingerprint density at radius 2 is 1.94 bits per heavy atom. The highest BCUT2D eigenvalue weighted by Gasteiger charge is 2.21. The van der Waals surface area contributed by atoms with Gasteiger partial charge in [0.1, 0.15) is 5.82 Å². The first-order valence-corrected chi connectivity index (χ1v) is 7.90. The molecule has 0 bridgehead atoms. The van der Waals surface area contributed by atoms with Crippen LogP contribution in [0.4, 0.5) is 10.1 Å². The summed E-state index contributed by atoms with van der Waals surface area (Å²) in [7, 11) is 1.46. The van der Waals surface area contributed by atoms with E-state index in [1.165, 1.54) is 6.07 Å². The van der Waals surface area contributed by atoms with Crippen molar-refractivity contribution >= 4 is 25.4 Å². The van der Waals surface area contributed by atoms with Gasteiger partial charge in [0, 0.05) is 35.0 Å². The minimum Gasteiger partial charge on any atom is -0.371 e. The van der Waals surface area contributed by atoms with Gasteiger partial charge in [-0.3, -0.25) is 0 Å². The topological polar surface area (TPSA) is 37.4 Å². The molecule has 1 aromatic rings. The molecule has 6 heteroatoms. The van der Waals surface area contributed by atoms with Crippen LogP contribution in [0.3, 0.4) is 0 Å². The standard InChI is InChI=1S/C11H13ClFNO2S/c12-17(15,16)8-9-10(13)4-3-5-11(9)14-6-1-2-7-14/h3-5H,1-2,6-8H2. The second-order valence-electron chi connectivity index (χ2n) is 4.11. The van der Waals surface area contributed by atoms with Gasteiger partial charge in [-0.05, 0) is 25.0 Å². The first kappa shape index (κ1) is 12.6. The minimum atomic E-state index is -3.75. The molecule has 0 aromatic heterocycles. The number of rotatable bonds is 3. The fraction of sp³-hybridized carbons (Fsp3) is 0.455. The van der Waals surface area contributed by atoms with Crippen LogP contribution >= 0.6 is 10.7 Å². The van der Waals surface area contributed by atoms with E-state index in [-0.39, 0.29) is 5.56 Å². The van der Waals surface area contributed by atoms with Crippen LogP contribution in [0.1, 0.15) is 18.4 Å².